The summed E-state index contributed by atoms with van der Waals surface area (Å²) in [4.78, 5) is 20.0. The van der Waals surface area contributed by atoms with Crippen molar-refractivity contribution >= 4 is 28.7 Å². The lowest BCUT2D eigenvalue weighted by atomic mass is 10.2. The Bertz CT molecular complexity index is 566. The van der Waals surface area contributed by atoms with E-state index in [0.29, 0.717) is 6.42 Å². The fourth-order valence-corrected chi connectivity index (χ4v) is 2.81. The monoisotopic (exact) mass is 320 g/mol. The van der Waals surface area contributed by atoms with E-state index in [0.717, 1.165) is 42.0 Å². The molecule has 6 heteroatoms. The number of carbonyl (C=O) groups excluding carboxylic acids is 1. The maximum Gasteiger partial charge on any atom is 0.220 e. The maximum atomic E-state index is 12.1. The van der Waals surface area contributed by atoms with E-state index in [2.05, 4.69) is 26.9 Å². The summed E-state index contributed by atoms with van der Waals surface area (Å²) >= 11 is 1.78. The van der Waals surface area contributed by atoms with Crippen molar-refractivity contribution in [2.45, 2.75) is 25.3 Å². The molecule has 120 valence electrons. The average Bonchev–Trinajstić information content (AvgIpc) is 2.95. The van der Waals surface area contributed by atoms with Gasteiger partial charge in [0.05, 0.1) is 17.1 Å². The van der Waals surface area contributed by atoms with Crippen molar-refractivity contribution in [3.8, 4) is 0 Å². The van der Waals surface area contributed by atoms with Gasteiger partial charge in [-0.3, -0.25) is 4.79 Å². The molecular weight excluding hydrogens is 296 g/mol. The van der Waals surface area contributed by atoms with E-state index in [9.17, 15) is 4.79 Å². The zero-order valence-corrected chi connectivity index (χ0v) is 14.0. The number of para-hydroxylation sites is 2. The Labute approximate surface area is 135 Å². The molecule has 0 fully saturated rings. The summed E-state index contributed by atoms with van der Waals surface area (Å²) in [5, 5.41) is 6.17. The minimum absolute atomic E-state index is 0.0538. The number of amides is 1. The summed E-state index contributed by atoms with van der Waals surface area (Å²) in [6.07, 6.45) is 4.33. The lowest BCUT2D eigenvalue weighted by Gasteiger charge is -2.16. The number of carbonyl (C=O) groups is 1. The lowest BCUT2D eigenvalue weighted by Crippen LogP contribution is -2.30. The largest absolute Gasteiger partial charge is 0.346 e. The highest BCUT2D eigenvalue weighted by Gasteiger charge is 2.17. The zero-order chi connectivity index (χ0) is 15.8. The topological polar surface area (TPSA) is 69.8 Å². The summed E-state index contributed by atoms with van der Waals surface area (Å²) in [6.45, 7) is 0.855. The number of rotatable bonds is 9. The van der Waals surface area contributed by atoms with Gasteiger partial charge in [-0.25, -0.2) is 4.98 Å². The van der Waals surface area contributed by atoms with Gasteiger partial charge in [-0.15, -0.1) is 0 Å². The fourth-order valence-electron chi connectivity index (χ4n) is 2.34. The Hall–Kier alpha value is -1.53. The van der Waals surface area contributed by atoms with Gasteiger partial charge in [0.15, 0.2) is 0 Å². The van der Waals surface area contributed by atoms with Crippen molar-refractivity contribution in [3.05, 3.63) is 30.1 Å². The van der Waals surface area contributed by atoms with Crippen molar-refractivity contribution in [2.24, 2.45) is 0 Å². The zero-order valence-electron chi connectivity index (χ0n) is 13.2. The third-order valence-corrected chi connectivity index (χ3v) is 4.16. The molecule has 1 amide bonds. The molecule has 2 rings (SSSR count). The first-order valence-corrected chi connectivity index (χ1v) is 9.01. The quantitative estimate of drug-likeness (QED) is 0.621. The smallest absolute Gasteiger partial charge is 0.220 e. The third-order valence-electron chi connectivity index (χ3n) is 3.51. The minimum atomic E-state index is -0.0538. The number of aromatic nitrogens is 2. The number of imidazole rings is 1. The molecule has 0 aliphatic rings. The second-order valence-electron chi connectivity index (χ2n) is 5.25. The highest BCUT2D eigenvalue weighted by Crippen LogP contribution is 2.20. The Morgan fingerprint density at radius 1 is 1.41 bits per heavy atom. The molecule has 22 heavy (non-hydrogen) atoms. The molecule has 1 aromatic heterocycles. The van der Waals surface area contributed by atoms with Gasteiger partial charge in [0, 0.05) is 6.42 Å². The van der Waals surface area contributed by atoms with Crippen molar-refractivity contribution < 1.29 is 4.79 Å². The fraction of sp³-hybridized carbons (Fsp3) is 0.500. The number of thioether (sulfide) groups is 1. The van der Waals surface area contributed by atoms with Crippen LogP contribution in [0.1, 0.15) is 31.1 Å². The molecule has 0 aliphatic carbocycles. The van der Waals surface area contributed by atoms with Crippen LogP contribution in [0.2, 0.25) is 0 Å². The molecule has 1 aromatic carbocycles. The number of nitrogens with one attached hydrogen (secondary N) is 3. The molecule has 0 saturated carbocycles. The molecule has 1 unspecified atom stereocenters. The Morgan fingerprint density at radius 3 is 2.95 bits per heavy atom. The van der Waals surface area contributed by atoms with Crippen molar-refractivity contribution in [1.29, 1.82) is 0 Å². The van der Waals surface area contributed by atoms with Gasteiger partial charge in [-0.05, 0) is 50.6 Å². The number of fused-ring (bicyclic) bond motifs is 1. The van der Waals surface area contributed by atoms with Gasteiger partial charge in [-0.2, -0.15) is 11.8 Å². The molecule has 0 radical (unpaired) electrons. The molecule has 0 saturated heterocycles. The van der Waals surface area contributed by atoms with Gasteiger partial charge in [0.2, 0.25) is 5.91 Å². The van der Waals surface area contributed by atoms with E-state index < -0.39 is 0 Å². The highest BCUT2D eigenvalue weighted by molar-refractivity contribution is 7.98. The van der Waals surface area contributed by atoms with E-state index in [1.54, 1.807) is 11.8 Å². The maximum absolute atomic E-state index is 12.1. The Balaban J connectivity index is 2.06. The van der Waals surface area contributed by atoms with Gasteiger partial charge in [-0.1, -0.05) is 12.1 Å². The first-order chi connectivity index (χ1) is 10.7. The summed E-state index contributed by atoms with van der Waals surface area (Å²) in [5.74, 6) is 1.91. The van der Waals surface area contributed by atoms with Crippen LogP contribution in [0.4, 0.5) is 0 Å². The Kier molecular flexibility index (Phi) is 6.74. The normalized spacial score (nSPS) is 12.5. The summed E-state index contributed by atoms with van der Waals surface area (Å²) in [5.41, 5.74) is 1.95. The first-order valence-electron chi connectivity index (χ1n) is 7.62. The predicted octanol–water partition coefficient (Wildman–Crippen LogP) is 2.47. The summed E-state index contributed by atoms with van der Waals surface area (Å²) in [6, 6.07) is 7.89. The molecule has 0 aliphatic heterocycles. The van der Waals surface area contributed by atoms with E-state index in [1.807, 2.05) is 31.3 Å². The molecule has 3 N–H and O–H groups in total. The van der Waals surface area contributed by atoms with E-state index in [-0.39, 0.29) is 11.9 Å². The van der Waals surface area contributed by atoms with Crippen LogP contribution in [0.3, 0.4) is 0 Å². The standard InChI is InChI=1S/C16H24N4OS/c1-17-10-5-8-15(21)18-14(9-11-22-2)16-19-12-6-3-4-7-13(12)20-16/h3-4,6-7,14,17H,5,8-11H2,1-2H3,(H,18,21)(H,19,20). The number of nitrogens with zero attached hydrogens (tertiary/aromatic N) is 1. The van der Waals surface area contributed by atoms with Crippen molar-refractivity contribution in [3.63, 3.8) is 0 Å². The second-order valence-corrected chi connectivity index (χ2v) is 6.23. The predicted molar refractivity (Wildman–Crippen MR) is 93.1 cm³/mol. The van der Waals surface area contributed by atoms with Crippen molar-refractivity contribution in [1.82, 2.24) is 20.6 Å². The van der Waals surface area contributed by atoms with E-state index in [4.69, 9.17) is 0 Å². The van der Waals surface area contributed by atoms with Crippen LogP contribution in [0, 0.1) is 0 Å². The molecule has 5 nitrogen and oxygen atoms in total. The number of benzene rings is 1. The minimum Gasteiger partial charge on any atom is -0.346 e. The number of H-pyrrole nitrogens is 1. The molecule has 0 bridgehead atoms. The number of aromatic amines is 1. The van der Waals surface area contributed by atoms with Gasteiger partial charge >= 0.3 is 0 Å². The number of hydrogen-bond donors (Lipinski definition) is 3. The SMILES string of the molecule is CNCCCC(=O)NC(CCSC)c1nc2ccccc2[nH]1. The van der Waals surface area contributed by atoms with Crippen molar-refractivity contribution in [2.75, 3.05) is 25.6 Å². The third kappa shape index (κ3) is 4.74. The van der Waals surface area contributed by atoms with Gasteiger partial charge < -0.3 is 15.6 Å². The van der Waals surface area contributed by atoms with Gasteiger partial charge in [0.1, 0.15) is 5.82 Å². The van der Waals surface area contributed by atoms with Gasteiger partial charge in [0.25, 0.3) is 0 Å². The van der Waals surface area contributed by atoms with Crippen LogP contribution in [0.5, 0.6) is 0 Å². The van der Waals surface area contributed by atoms with E-state index in [1.165, 1.54) is 0 Å². The second kappa shape index (κ2) is 8.80. The van der Waals surface area contributed by atoms with Crippen LogP contribution in [0.15, 0.2) is 24.3 Å². The number of hydrogen-bond acceptors (Lipinski definition) is 4. The van der Waals surface area contributed by atoms with Crippen LogP contribution in [0.25, 0.3) is 11.0 Å². The molecule has 0 spiro atoms. The highest BCUT2D eigenvalue weighted by atomic mass is 32.2. The molecule has 1 heterocycles. The lowest BCUT2D eigenvalue weighted by molar-refractivity contribution is -0.122. The van der Waals surface area contributed by atoms with Crippen LogP contribution in [-0.2, 0) is 4.79 Å². The van der Waals surface area contributed by atoms with E-state index >= 15 is 0 Å². The molecular formula is C16H24N4OS. The molecule has 1 atom stereocenters. The average molecular weight is 320 g/mol. The van der Waals surface area contributed by atoms with Crippen LogP contribution >= 0.6 is 11.8 Å². The Morgan fingerprint density at radius 2 is 2.23 bits per heavy atom. The summed E-state index contributed by atoms with van der Waals surface area (Å²) < 4.78 is 0. The van der Waals surface area contributed by atoms with Crippen LogP contribution in [-0.4, -0.2) is 41.5 Å². The molecule has 2 aromatic rings. The first kappa shape index (κ1) is 16.8. The van der Waals surface area contributed by atoms with Crippen LogP contribution < -0.4 is 10.6 Å². The summed E-state index contributed by atoms with van der Waals surface area (Å²) in [7, 11) is 1.90.